The van der Waals surface area contributed by atoms with Crippen LogP contribution in [0.3, 0.4) is 0 Å². The maximum absolute atomic E-state index is 12.6. The van der Waals surface area contributed by atoms with Gasteiger partial charge in [0.2, 0.25) is 11.8 Å². The van der Waals surface area contributed by atoms with Crippen molar-refractivity contribution in [1.29, 1.82) is 0 Å². The zero-order valence-electron chi connectivity index (χ0n) is 19.8. The fourth-order valence-corrected chi connectivity index (χ4v) is 6.26. The third-order valence-corrected chi connectivity index (χ3v) is 7.46. The predicted octanol–water partition coefficient (Wildman–Crippen LogP) is 3.64. The Hall–Kier alpha value is -2.82. The van der Waals surface area contributed by atoms with Crippen LogP contribution in [0.25, 0.3) is 0 Å². The number of amides is 4. The van der Waals surface area contributed by atoms with Gasteiger partial charge in [-0.3, -0.25) is 19.8 Å². The monoisotopic (exact) mass is 496 g/mol. The molecule has 4 fully saturated rings. The first-order valence-corrected chi connectivity index (χ1v) is 11.9. The summed E-state index contributed by atoms with van der Waals surface area (Å²) >= 11 is 0. The van der Waals surface area contributed by atoms with E-state index in [9.17, 15) is 27.6 Å². The summed E-state index contributed by atoms with van der Waals surface area (Å²) in [4.78, 5) is 39.0. The number of likely N-dealkylation sites (N-methyl/N-ethyl adjacent to an activating group) is 1. The maximum atomic E-state index is 12.6. The second-order valence-corrected chi connectivity index (χ2v) is 10.4. The lowest BCUT2D eigenvalue weighted by Gasteiger charge is -2.56. The van der Waals surface area contributed by atoms with Crippen LogP contribution in [0.5, 0.6) is 5.75 Å². The fourth-order valence-electron chi connectivity index (χ4n) is 6.26. The summed E-state index contributed by atoms with van der Waals surface area (Å²) in [5, 5.41) is 8.06. The lowest BCUT2D eigenvalue weighted by Crippen LogP contribution is -2.62. The van der Waals surface area contributed by atoms with Crippen LogP contribution in [0.1, 0.15) is 45.4 Å². The highest BCUT2D eigenvalue weighted by Gasteiger charge is 2.51. The molecule has 0 aromatic heterocycles. The highest BCUT2D eigenvalue weighted by molar-refractivity contribution is 5.98. The Labute approximate surface area is 201 Å². The molecule has 35 heavy (non-hydrogen) atoms. The number of rotatable bonds is 7. The molecule has 4 bridgehead atoms. The first-order valence-electron chi connectivity index (χ1n) is 11.9. The van der Waals surface area contributed by atoms with Gasteiger partial charge in [-0.2, -0.15) is 0 Å². The zero-order chi connectivity index (χ0) is 25.4. The van der Waals surface area contributed by atoms with E-state index >= 15 is 0 Å². The van der Waals surface area contributed by atoms with Gasteiger partial charge in [-0.1, -0.05) is 0 Å². The quantitative estimate of drug-likeness (QED) is 0.535. The standard InChI is InChI=1S/C24H31F3N4O4/c1-14(31(2)13-20(32)28-18-3-5-19(6-4-18)35-24(25,26)27)21(33)29-22(34)30-23-10-15-7-16(11-23)9-17(8-15)12-23/h3-6,14-17H,7-13H2,1-2H3,(H,28,32)(H2,29,30,33,34). The van der Waals surface area contributed by atoms with Crippen molar-refractivity contribution in [1.82, 2.24) is 15.5 Å². The van der Waals surface area contributed by atoms with E-state index in [1.165, 1.54) is 36.3 Å². The number of nitrogens with one attached hydrogen (secondary N) is 3. The Morgan fingerprint density at radius 2 is 1.60 bits per heavy atom. The predicted molar refractivity (Wildman–Crippen MR) is 121 cm³/mol. The number of carbonyl (C=O) groups is 3. The molecule has 5 rings (SSSR count). The molecule has 3 N–H and O–H groups in total. The van der Waals surface area contributed by atoms with Crippen molar-refractivity contribution in [2.45, 2.75) is 63.4 Å². The Bertz CT molecular complexity index is 931. The van der Waals surface area contributed by atoms with E-state index in [0.29, 0.717) is 17.8 Å². The normalized spacial score (nSPS) is 27.9. The van der Waals surface area contributed by atoms with Crippen molar-refractivity contribution in [3.05, 3.63) is 24.3 Å². The van der Waals surface area contributed by atoms with E-state index in [2.05, 4.69) is 20.7 Å². The molecule has 4 amide bonds. The van der Waals surface area contributed by atoms with Gasteiger partial charge >= 0.3 is 12.4 Å². The largest absolute Gasteiger partial charge is 0.573 e. The lowest BCUT2D eigenvalue weighted by atomic mass is 9.53. The number of urea groups is 1. The third kappa shape index (κ3) is 6.45. The van der Waals surface area contributed by atoms with Crippen molar-refractivity contribution < 1.29 is 32.3 Å². The van der Waals surface area contributed by atoms with Crippen molar-refractivity contribution in [3.8, 4) is 5.75 Å². The van der Waals surface area contributed by atoms with E-state index in [1.54, 1.807) is 14.0 Å². The average Bonchev–Trinajstić information content (AvgIpc) is 2.71. The van der Waals surface area contributed by atoms with Gasteiger partial charge in [0.1, 0.15) is 5.75 Å². The van der Waals surface area contributed by atoms with Crippen molar-refractivity contribution >= 4 is 23.5 Å². The van der Waals surface area contributed by atoms with E-state index in [0.717, 1.165) is 31.4 Å². The molecule has 4 aliphatic rings. The highest BCUT2D eigenvalue weighted by atomic mass is 19.4. The fraction of sp³-hybridized carbons (Fsp3) is 0.625. The first kappa shape index (κ1) is 25.3. The molecule has 1 atom stereocenters. The van der Waals surface area contributed by atoms with Crippen LogP contribution in [0, 0.1) is 17.8 Å². The number of hydrogen-bond donors (Lipinski definition) is 3. The molecule has 1 aromatic carbocycles. The summed E-state index contributed by atoms with van der Waals surface area (Å²) in [6.45, 7) is 1.43. The summed E-state index contributed by atoms with van der Waals surface area (Å²) < 4.78 is 40.5. The van der Waals surface area contributed by atoms with Gasteiger partial charge < -0.3 is 15.4 Å². The van der Waals surface area contributed by atoms with Gasteiger partial charge in [-0.15, -0.1) is 13.2 Å². The van der Waals surface area contributed by atoms with Crippen molar-refractivity contribution in [3.63, 3.8) is 0 Å². The summed E-state index contributed by atoms with van der Waals surface area (Å²) in [5.41, 5.74) is 0.0689. The Morgan fingerprint density at radius 3 is 2.11 bits per heavy atom. The van der Waals surface area contributed by atoms with E-state index in [4.69, 9.17) is 0 Å². The minimum atomic E-state index is -4.80. The lowest BCUT2D eigenvalue weighted by molar-refractivity contribution is -0.274. The van der Waals surface area contributed by atoms with Crippen LogP contribution in [0.2, 0.25) is 0 Å². The Morgan fingerprint density at radius 1 is 1.06 bits per heavy atom. The molecule has 0 saturated heterocycles. The summed E-state index contributed by atoms with van der Waals surface area (Å²) in [7, 11) is 1.57. The summed E-state index contributed by atoms with van der Waals surface area (Å²) in [6, 6.07) is 3.48. The van der Waals surface area contributed by atoms with Crippen molar-refractivity contribution in [2.75, 3.05) is 18.9 Å². The second kappa shape index (κ2) is 9.67. The number of anilines is 1. The number of nitrogens with zero attached hydrogens (tertiary/aromatic N) is 1. The summed E-state index contributed by atoms with van der Waals surface area (Å²) in [6.07, 6.45) is 1.86. The molecule has 1 aromatic rings. The molecule has 0 aliphatic heterocycles. The van der Waals surface area contributed by atoms with Crippen molar-refractivity contribution in [2.24, 2.45) is 17.8 Å². The molecule has 11 heteroatoms. The maximum Gasteiger partial charge on any atom is 0.573 e. The van der Waals surface area contributed by atoms with Gasteiger partial charge in [0.05, 0.1) is 12.6 Å². The van der Waals surface area contributed by atoms with Gasteiger partial charge in [0.15, 0.2) is 0 Å². The molecule has 0 heterocycles. The van der Waals surface area contributed by atoms with Crippen LogP contribution in [-0.2, 0) is 9.59 Å². The van der Waals surface area contributed by atoms with Crippen LogP contribution >= 0.6 is 0 Å². The van der Waals surface area contributed by atoms with E-state index in [-0.39, 0.29) is 17.8 Å². The number of imide groups is 1. The molecule has 4 aliphatic carbocycles. The van der Waals surface area contributed by atoms with E-state index < -0.39 is 36.0 Å². The molecule has 0 spiro atoms. The number of carbonyl (C=O) groups excluding carboxylic acids is 3. The Balaban J connectivity index is 1.23. The number of benzene rings is 1. The van der Waals surface area contributed by atoms with Crippen LogP contribution in [0.4, 0.5) is 23.7 Å². The van der Waals surface area contributed by atoms with Crippen LogP contribution in [0.15, 0.2) is 24.3 Å². The first-order chi connectivity index (χ1) is 16.4. The molecule has 0 radical (unpaired) electrons. The SMILES string of the molecule is CC(C(=O)NC(=O)NC12CC3CC(CC(C3)C1)C2)N(C)CC(=O)Nc1ccc(OC(F)(F)F)cc1. The minimum Gasteiger partial charge on any atom is -0.406 e. The summed E-state index contributed by atoms with van der Waals surface area (Å²) in [5.74, 6) is 0.605. The topological polar surface area (TPSA) is 99.8 Å². The zero-order valence-corrected chi connectivity index (χ0v) is 19.8. The van der Waals surface area contributed by atoms with Gasteiger partial charge in [-0.05, 0) is 94.5 Å². The molecule has 4 saturated carbocycles. The minimum absolute atomic E-state index is 0.161. The number of hydrogen-bond acceptors (Lipinski definition) is 5. The smallest absolute Gasteiger partial charge is 0.406 e. The molecular weight excluding hydrogens is 465 g/mol. The highest BCUT2D eigenvalue weighted by Crippen LogP contribution is 2.55. The molecule has 1 unspecified atom stereocenters. The van der Waals surface area contributed by atoms with Crippen LogP contribution in [-0.4, -0.2) is 54.3 Å². The third-order valence-electron chi connectivity index (χ3n) is 7.46. The molecular formula is C24H31F3N4O4. The number of alkyl halides is 3. The van der Waals surface area contributed by atoms with Crippen LogP contribution < -0.4 is 20.7 Å². The Kier molecular flexibility index (Phi) is 6.99. The number of halogens is 3. The average molecular weight is 497 g/mol. The van der Waals surface area contributed by atoms with Gasteiger partial charge in [0.25, 0.3) is 0 Å². The van der Waals surface area contributed by atoms with Gasteiger partial charge in [-0.25, -0.2) is 4.79 Å². The van der Waals surface area contributed by atoms with E-state index in [1.807, 2.05) is 0 Å². The second-order valence-electron chi connectivity index (χ2n) is 10.4. The molecule has 8 nitrogen and oxygen atoms in total. The number of ether oxygens (including phenoxy) is 1. The van der Waals surface area contributed by atoms with Gasteiger partial charge in [0, 0.05) is 11.2 Å². The molecule has 192 valence electrons.